The van der Waals surface area contributed by atoms with E-state index in [-0.39, 0.29) is 0 Å². The summed E-state index contributed by atoms with van der Waals surface area (Å²) in [7, 11) is 0. The molecule has 3 fully saturated rings. The van der Waals surface area contributed by atoms with Crippen molar-refractivity contribution in [2.75, 3.05) is 57.3 Å². The van der Waals surface area contributed by atoms with Crippen LogP contribution < -0.4 is 4.90 Å². The summed E-state index contributed by atoms with van der Waals surface area (Å²) in [6.07, 6.45) is 3.00. The van der Waals surface area contributed by atoms with Crippen LogP contribution >= 0.6 is 0 Å². The molecule has 1 aromatic rings. The number of carbonyl (C=O) groups is 1. The molecular weight excluding hydrogens is 465 g/mol. The maximum absolute atomic E-state index is 13.2. The number of piperidine rings is 1. The van der Waals surface area contributed by atoms with Gasteiger partial charge in [0.25, 0.3) is 0 Å². The van der Waals surface area contributed by atoms with Crippen LogP contribution in [0.1, 0.15) is 64.4 Å². The van der Waals surface area contributed by atoms with Gasteiger partial charge in [-0.25, -0.2) is 0 Å². The molecule has 202 valence electrons. The molecule has 3 aliphatic rings. The Labute approximate surface area is 214 Å². The van der Waals surface area contributed by atoms with Crippen molar-refractivity contribution in [2.45, 2.75) is 77.1 Å². The lowest BCUT2D eigenvalue weighted by Gasteiger charge is -2.48. The molecule has 8 heteroatoms. The van der Waals surface area contributed by atoms with Crippen LogP contribution in [0.3, 0.4) is 0 Å². The summed E-state index contributed by atoms with van der Waals surface area (Å²) in [5.41, 5.74) is 0.0660. The van der Waals surface area contributed by atoms with Gasteiger partial charge in [-0.3, -0.25) is 9.69 Å². The molecule has 0 aromatic heterocycles. The summed E-state index contributed by atoms with van der Waals surface area (Å²) in [5, 5.41) is 0. The topological polar surface area (TPSA) is 30.0 Å². The minimum Gasteiger partial charge on any atom is -0.369 e. The predicted octanol–water partition coefficient (Wildman–Crippen LogP) is 5.11. The number of hydrogen-bond donors (Lipinski definition) is 0. The van der Waals surface area contributed by atoms with Gasteiger partial charge in [0.2, 0.25) is 5.91 Å². The van der Waals surface area contributed by atoms with E-state index in [0.29, 0.717) is 36.0 Å². The van der Waals surface area contributed by atoms with Crippen LogP contribution in [0.15, 0.2) is 24.3 Å². The molecule has 0 saturated carbocycles. The van der Waals surface area contributed by atoms with Crippen LogP contribution in [-0.2, 0) is 11.0 Å². The van der Waals surface area contributed by atoms with Crippen LogP contribution in [0.25, 0.3) is 0 Å². The van der Waals surface area contributed by atoms with Crippen LogP contribution in [-0.4, -0.2) is 85.0 Å². The number of piperazine rings is 1. The molecule has 1 amide bonds. The second kappa shape index (κ2) is 12.2. The number of nitrogens with zero attached hydrogens (tertiary/aromatic N) is 4. The molecule has 0 spiro atoms. The Morgan fingerprint density at radius 3 is 2.31 bits per heavy atom. The van der Waals surface area contributed by atoms with E-state index in [1.54, 1.807) is 6.07 Å². The van der Waals surface area contributed by atoms with Gasteiger partial charge < -0.3 is 14.7 Å². The van der Waals surface area contributed by atoms with Crippen molar-refractivity contribution in [3.05, 3.63) is 29.8 Å². The quantitative estimate of drug-likeness (QED) is 0.534. The van der Waals surface area contributed by atoms with Gasteiger partial charge in [0, 0.05) is 70.0 Å². The Kier molecular flexibility index (Phi) is 9.20. The molecule has 0 aliphatic carbocycles. The van der Waals surface area contributed by atoms with Crippen molar-refractivity contribution < 1.29 is 18.0 Å². The van der Waals surface area contributed by atoms with E-state index in [2.05, 4.69) is 33.4 Å². The highest BCUT2D eigenvalue weighted by Crippen LogP contribution is 2.33. The SMILES string of the molecule is CC(C)N1CC[C@@H](N2CCN(c3cccc(C(F)(F)F)c3)CC2)[C@@H](CCC(=O)N2CCCCCC2)C1. The number of halogens is 3. The largest absolute Gasteiger partial charge is 0.416 e. The molecule has 2 atom stereocenters. The lowest BCUT2D eigenvalue weighted by molar-refractivity contribution is -0.137. The number of amides is 1. The van der Waals surface area contributed by atoms with Crippen LogP contribution in [0.2, 0.25) is 0 Å². The lowest BCUT2D eigenvalue weighted by Crippen LogP contribution is -2.57. The van der Waals surface area contributed by atoms with E-state index >= 15 is 0 Å². The van der Waals surface area contributed by atoms with Gasteiger partial charge in [0.15, 0.2) is 0 Å². The number of rotatable bonds is 6. The monoisotopic (exact) mass is 508 g/mol. The zero-order chi connectivity index (χ0) is 25.7. The third kappa shape index (κ3) is 6.94. The van der Waals surface area contributed by atoms with Gasteiger partial charge in [-0.2, -0.15) is 13.2 Å². The highest BCUT2D eigenvalue weighted by molar-refractivity contribution is 5.76. The fourth-order valence-corrected chi connectivity index (χ4v) is 6.26. The minimum absolute atomic E-state index is 0.312. The Morgan fingerprint density at radius 1 is 0.972 bits per heavy atom. The first-order valence-electron chi connectivity index (χ1n) is 13.9. The molecule has 5 nitrogen and oxygen atoms in total. The van der Waals surface area contributed by atoms with Crippen LogP contribution in [0.4, 0.5) is 18.9 Å². The molecule has 36 heavy (non-hydrogen) atoms. The Balaban J connectivity index is 1.36. The number of anilines is 1. The van der Waals surface area contributed by atoms with Crippen LogP contribution in [0.5, 0.6) is 0 Å². The second-order valence-electron chi connectivity index (χ2n) is 11.1. The Morgan fingerprint density at radius 2 is 1.67 bits per heavy atom. The summed E-state index contributed by atoms with van der Waals surface area (Å²) in [6.45, 7) is 11.5. The van der Waals surface area contributed by atoms with Gasteiger partial charge in [0.05, 0.1) is 5.56 Å². The first-order valence-corrected chi connectivity index (χ1v) is 13.9. The first kappa shape index (κ1) is 27.2. The summed E-state index contributed by atoms with van der Waals surface area (Å²) >= 11 is 0. The third-order valence-corrected chi connectivity index (χ3v) is 8.47. The van der Waals surface area contributed by atoms with Crippen molar-refractivity contribution in [3.8, 4) is 0 Å². The average molecular weight is 509 g/mol. The van der Waals surface area contributed by atoms with E-state index < -0.39 is 11.7 Å². The molecule has 3 heterocycles. The molecule has 0 radical (unpaired) electrons. The Bertz CT molecular complexity index is 845. The van der Waals surface area contributed by atoms with Gasteiger partial charge in [-0.05, 0) is 70.2 Å². The molecular formula is C28H43F3N4O. The minimum atomic E-state index is -4.32. The second-order valence-corrected chi connectivity index (χ2v) is 11.1. The van der Waals surface area contributed by atoms with E-state index in [0.717, 1.165) is 84.1 Å². The normalized spacial score (nSPS) is 25.3. The van der Waals surface area contributed by atoms with Crippen LogP contribution in [0, 0.1) is 5.92 Å². The summed E-state index contributed by atoms with van der Waals surface area (Å²) in [5.74, 6) is 0.754. The van der Waals surface area contributed by atoms with Crippen molar-refractivity contribution in [2.24, 2.45) is 5.92 Å². The summed E-state index contributed by atoms with van der Waals surface area (Å²) in [4.78, 5) is 22.2. The van der Waals surface area contributed by atoms with E-state index in [1.807, 2.05) is 0 Å². The van der Waals surface area contributed by atoms with Gasteiger partial charge in [-0.1, -0.05) is 18.9 Å². The van der Waals surface area contributed by atoms with E-state index in [1.165, 1.54) is 25.0 Å². The first-order chi connectivity index (χ1) is 17.2. The molecule has 3 aliphatic heterocycles. The maximum Gasteiger partial charge on any atom is 0.416 e. The molecule has 3 saturated heterocycles. The Hall–Kier alpha value is -1.80. The molecule has 0 unspecified atom stereocenters. The fraction of sp³-hybridized carbons (Fsp3) is 0.750. The molecule has 0 bridgehead atoms. The maximum atomic E-state index is 13.2. The number of alkyl halides is 3. The standard InChI is InChI=1S/C28H43F3N4O/c1-22(2)35-15-12-26(23(21-35)10-11-27(36)34-13-5-3-4-6-14-34)33-18-16-32(17-19-33)25-9-7-8-24(20-25)28(29,30)31/h7-9,20,22-23,26H,3-6,10-19,21H2,1-2H3/t23-,26+/m0/s1. The molecule has 0 N–H and O–H groups in total. The zero-order valence-electron chi connectivity index (χ0n) is 22.0. The van der Waals surface area contributed by atoms with Crippen molar-refractivity contribution in [1.82, 2.24) is 14.7 Å². The van der Waals surface area contributed by atoms with E-state index in [9.17, 15) is 18.0 Å². The molecule has 4 rings (SSSR count). The van der Waals surface area contributed by atoms with E-state index in [4.69, 9.17) is 0 Å². The summed E-state index contributed by atoms with van der Waals surface area (Å²) in [6, 6.07) is 6.62. The lowest BCUT2D eigenvalue weighted by atomic mass is 9.86. The third-order valence-electron chi connectivity index (χ3n) is 8.47. The highest BCUT2D eigenvalue weighted by atomic mass is 19.4. The predicted molar refractivity (Wildman–Crippen MR) is 138 cm³/mol. The van der Waals surface area contributed by atoms with Gasteiger partial charge in [0.1, 0.15) is 0 Å². The number of likely N-dealkylation sites (tertiary alicyclic amines) is 2. The van der Waals surface area contributed by atoms with Crippen molar-refractivity contribution >= 4 is 11.6 Å². The smallest absolute Gasteiger partial charge is 0.369 e. The molecule has 1 aromatic carbocycles. The number of carbonyl (C=O) groups excluding carboxylic acids is 1. The van der Waals surface area contributed by atoms with Gasteiger partial charge in [-0.15, -0.1) is 0 Å². The average Bonchev–Trinajstić information content (AvgIpc) is 3.17. The van der Waals surface area contributed by atoms with Gasteiger partial charge >= 0.3 is 6.18 Å². The fourth-order valence-electron chi connectivity index (χ4n) is 6.26. The van der Waals surface area contributed by atoms with Crippen molar-refractivity contribution in [3.63, 3.8) is 0 Å². The summed E-state index contributed by atoms with van der Waals surface area (Å²) < 4.78 is 39.5. The number of benzene rings is 1. The highest BCUT2D eigenvalue weighted by Gasteiger charge is 2.36. The number of hydrogen-bond acceptors (Lipinski definition) is 4. The van der Waals surface area contributed by atoms with Crippen molar-refractivity contribution in [1.29, 1.82) is 0 Å². The zero-order valence-corrected chi connectivity index (χ0v) is 22.0.